The van der Waals surface area contributed by atoms with Crippen LogP contribution in [0.5, 0.6) is 0 Å². The lowest BCUT2D eigenvalue weighted by molar-refractivity contribution is -0.149. The van der Waals surface area contributed by atoms with E-state index in [1.807, 2.05) is 0 Å². The second-order valence-electron chi connectivity index (χ2n) is 7.80. The lowest BCUT2D eigenvalue weighted by atomic mass is 9.94. The molecule has 0 radical (unpaired) electrons. The first-order valence-electron chi connectivity index (χ1n) is 11.4. The molecule has 0 aromatic carbocycles. The van der Waals surface area contributed by atoms with Crippen molar-refractivity contribution in [2.45, 2.75) is 117 Å². The fourth-order valence-electron chi connectivity index (χ4n) is 3.46. The summed E-state index contributed by atoms with van der Waals surface area (Å²) in [6, 6.07) is 0. The van der Waals surface area contributed by atoms with Crippen LogP contribution in [0.2, 0.25) is 0 Å². The van der Waals surface area contributed by atoms with Crippen LogP contribution in [0.3, 0.4) is 0 Å². The normalized spacial score (nSPS) is 12.3. The lowest BCUT2D eigenvalue weighted by Crippen LogP contribution is -2.17. The Balaban J connectivity index is 3.86. The summed E-state index contributed by atoms with van der Waals surface area (Å²) in [5.41, 5.74) is 0. The van der Waals surface area contributed by atoms with E-state index in [0.29, 0.717) is 12.5 Å². The summed E-state index contributed by atoms with van der Waals surface area (Å²) in [4.78, 5) is 11.5. The smallest absolute Gasteiger partial charge is 0.332 e. The van der Waals surface area contributed by atoms with E-state index >= 15 is 0 Å². The highest BCUT2D eigenvalue weighted by molar-refractivity contribution is 5.70. The first kappa shape index (κ1) is 25.4. The molecule has 0 aliphatic carbocycles. The van der Waals surface area contributed by atoms with Crippen molar-refractivity contribution >= 4 is 5.97 Å². The average molecular weight is 371 g/mol. The van der Waals surface area contributed by atoms with E-state index in [-0.39, 0.29) is 12.6 Å². The number of methoxy groups -OCH3 is 1. The third-order valence-corrected chi connectivity index (χ3v) is 5.17. The fourth-order valence-corrected chi connectivity index (χ4v) is 3.46. The molecule has 0 aliphatic heterocycles. The average Bonchev–Trinajstić information content (AvgIpc) is 2.64. The molecule has 0 rings (SSSR count). The maximum absolute atomic E-state index is 11.5. The minimum atomic E-state index is -0.226. The third-order valence-electron chi connectivity index (χ3n) is 5.17. The van der Waals surface area contributed by atoms with Gasteiger partial charge in [-0.1, -0.05) is 104 Å². The quantitative estimate of drug-likeness (QED) is 0.170. The van der Waals surface area contributed by atoms with Crippen LogP contribution in [0.4, 0.5) is 0 Å². The van der Waals surface area contributed by atoms with E-state index < -0.39 is 0 Å². The van der Waals surface area contributed by atoms with Crippen molar-refractivity contribution in [3.63, 3.8) is 0 Å². The SMILES string of the molecule is CCCCCCCCCCC(CCCCCCCC)COC(=O)COC. The van der Waals surface area contributed by atoms with Crippen LogP contribution < -0.4 is 0 Å². The molecule has 3 heteroatoms. The topological polar surface area (TPSA) is 35.5 Å². The molecule has 0 N–H and O–H groups in total. The monoisotopic (exact) mass is 370 g/mol. The van der Waals surface area contributed by atoms with Crippen molar-refractivity contribution in [1.82, 2.24) is 0 Å². The summed E-state index contributed by atoms with van der Waals surface area (Å²) in [6.07, 6.45) is 21.2. The molecule has 1 unspecified atom stereocenters. The van der Waals surface area contributed by atoms with Crippen molar-refractivity contribution in [2.75, 3.05) is 20.3 Å². The van der Waals surface area contributed by atoms with Crippen LogP contribution in [-0.2, 0) is 14.3 Å². The van der Waals surface area contributed by atoms with Crippen molar-refractivity contribution in [2.24, 2.45) is 5.92 Å². The molecule has 0 aliphatic rings. The number of hydrogen-bond donors (Lipinski definition) is 0. The molecule has 156 valence electrons. The van der Waals surface area contributed by atoms with Gasteiger partial charge in [-0.05, 0) is 18.8 Å². The van der Waals surface area contributed by atoms with E-state index in [9.17, 15) is 4.79 Å². The molecular formula is C23H46O3. The first-order chi connectivity index (χ1) is 12.7. The number of esters is 1. The number of hydrogen-bond acceptors (Lipinski definition) is 3. The van der Waals surface area contributed by atoms with Crippen LogP contribution in [0.1, 0.15) is 117 Å². The maximum Gasteiger partial charge on any atom is 0.332 e. The fraction of sp³-hybridized carbons (Fsp3) is 0.957. The summed E-state index contributed by atoms with van der Waals surface area (Å²) in [7, 11) is 1.54. The Hall–Kier alpha value is -0.570. The highest BCUT2D eigenvalue weighted by Crippen LogP contribution is 2.20. The Labute approximate surface area is 163 Å². The van der Waals surface area contributed by atoms with Gasteiger partial charge in [-0.2, -0.15) is 0 Å². The summed E-state index contributed by atoms with van der Waals surface area (Å²) in [6.45, 7) is 5.17. The Morgan fingerprint density at radius 2 is 1.12 bits per heavy atom. The molecule has 0 heterocycles. The molecule has 0 fully saturated rings. The van der Waals surface area contributed by atoms with Crippen LogP contribution in [0.15, 0.2) is 0 Å². The van der Waals surface area contributed by atoms with Gasteiger partial charge in [0, 0.05) is 7.11 Å². The molecule has 0 bridgehead atoms. The van der Waals surface area contributed by atoms with Gasteiger partial charge in [-0.15, -0.1) is 0 Å². The lowest BCUT2D eigenvalue weighted by Gasteiger charge is -2.17. The van der Waals surface area contributed by atoms with Crippen LogP contribution in [0, 0.1) is 5.92 Å². The number of ether oxygens (including phenoxy) is 2. The third kappa shape index (κ3) is 18.2. The van der Waals surface area contributed by atoms with Gasteiger partial charge in [-0.25, -0.2) is 4.79 Å². The molecular weight excluding hydrogens is 324 g/mol. The second-order valence-corrected chi connectivity index (χ2v) is 7.80. The Morgan fingerprint density at radius 1 is 0.692 bits per heavy atom. The molecule has 0 aromatic rings. The zero-order valence-corrected chi connectivity index (χ0v) is 18.0. The Kier molecular flexibility index (Phi) is 20.3. The van der Waals surface area contributed by atoms with E-state index in [1.54, 1.807) is 0 Å². The van der Waals surface area contributed by atoms with Crippen molar-refractivity contribution in [1.29, 1.82) is 0 Å². The van der Waals surface area contributed by atoms with Gasteiger partial charge in [0.1, 0.15) is 6.61 Å². The molecule has 1 atom stereocenters. The first-order valence-corrected chi connectivity index (χ1v) is 11.4. The maximum atomic E-state index is 11.5. The van der Waals surface area contributed by atoms with E-state index in [4.69, 9.17) is 9.47 Å². The van der Waals surface area contributed by atoms with Crippen molar-refractivity contribution in [3.8, 4) is 0 Å². The summed E-state index contributed by atoms with van der Waals surface area (Å²) in [5, 5.41) is 0. The molecule has 0 spiro atoms. The minimum Gasteiger partial charge on any atom is -0.464 e. The number of rotatable bonds is 20. The molecule has 3 nitrogen and oxygen atoms in total. The van der Waals surface area contributed by atoms with Crippen molar-refractivity contribution < 1.29 is 14.3 Å². The summed E-state index contributed by atoms with van der Waals surface area (Å²) < 4.78 is 10.2. The van der Waals surface area contributed by atoms with Crippen LogP contribution >= 0.6 is 0 Å². The molecule has 0 aromatic heterocycles. The van der Waals surface area contributed by atoms with Gasteiger partial charge >= 0.3 is 5.97 Å². The van der Waals surface area contributed by atoms with Crippen molar-refractivity contribution in [3.05, 3.63) is 0 Å². The van der Waals surface area contributed by atoms with Gasteiger partial charge in [0.15, 0.2) is 0 Å². The van der Waals surface area contributed by atoms with Crippen LogP contribution in [-0.4, -0.2) is 26.3 Å². The standard InChI is InChI=1S/C23H46O3/c1-4-6-8-10-12-13-15-17-19-22(20-26-23(24)21-25-3)18-16-14-11-9-7-5-2/h22H,4-21H2,1-3H3. The van der Waals surface area contributed by atoms with Gasteiger partial charge in [0.2, 0.25) is 0 Å². The van der Waals surface area contributed by atoms with Gasteiger partial charge in [0.05, 0.1) is 6.61 Å². The number of unbranched alkanes of at least 4 members (excludes halogenated alkanes) is 12. The Morgan fingerprint density at radius 3 is 1.54 bits per heavy atom. The largest absolute Gasteiger partial charge is 0.464 e. The zero-order valence-electron chi connectivity index (χ0n) is 18.0. The predicted molar refractivity (Wildman–Crippen MR) is 112 cm³/mol. The van der Waals surface area contributed by atoms with Crippen LogP contribution in [0.25, 0.3) is 0 Å². The molecule has 0 saturated carbocycles. The van der Waals surface area contributed by atoms with E-state index in [1.165, 1.54) is 110 Å². The highest BCUT2D eigenvalue weighted by Gasteiger charge is 2.12. The van der Waals surface area contributed by atoms with Gasteiger partial charge in [0.25, 0.3) is 0 Å². The van der Waals surface area contributed by atoms with E-state index in [0.717, 1.165) is 0 Å². The van der Waals surface area contributed by atoms with Gasteiger partial charge in [-0.3, -0.25) is 0 Å². The molecule has 26 heavy (non-hydrogen) atoms. The van der Waals surface area contributed by atoms with Gasteiger partial charge < -0.3 is 9.47 Å². The second kappa shape index (κ2) is 20.7. The summed E-state index contributed by atoms with van der Waals surface area (Å²) >= 11 is 0. The summed E-state index contributed by atoms with van der Waals surface area (Å²) in [5.74, 6) is 0.304. The van der Waals surface area contributed by atoms with E-state index in [2.05, 4.69) is 13.8 Å². The number of carbonyl (C=O) groups excluding carboxylic acids is 1. The Bertz CT molecular complexity index is 291. The highest BCUT2D eigenvalue weighted by atomic mass is 16.6. The molecule has 0 amide bonds. The number of carbonyl (C=O) groups is 1. The zero-order chi connectivity index (χ0) is 19.3. The molecule has 0 saturated heterocycles. The minimum absolute atomic E-state index is 0.0709. The predicted octanol–water partition coefficient (Wildman–Crippen LogP) is 7.07.